The molecule has 0 saturated heterocycles. The Balaban J connectivity index is 2.01. The van der Waals surface area contributed by atoms with Gasteiger partial charge in [-0.05, 0) is 18.4 Å². The Morgan fingerprint density at radius 3 is 3.05 bits per heavy atom. The average molecular weight is 291 g/mol. The lowest BCUT2D eigenvalue weighted by atomic mass is 10.3. The second kappa shape index (κ2) is 4.53. The molecule has 0 bridgehead atoms. The first-order valence-electron chi connectivity index (χ1n) is 5.66. The number of carbonyl (C=O) groups is 1. The minimum Gasteiger partial charge on any atom is -0.476 e. The number of H-pyrrole nitrogens is 1. The van der Waals surface area contributed by atoms with Crippen LogP contribution in [-0.4, -0.2) is 36.0 Å². The molecule has 0 aliphatic rings. The van der Waals surface area contributed by atoms with Crippen molar-refractivity contribution in [2.24, 2.45) is 0 Å². The Morgan fingerprint density at radius 2 is 2.35 bits per heavy atom. The number of fused-ring (bicyclic) bond motifs is 1. The molecule has 0 saturated carbocycles. The van der Waals surface area contributed by atoms with E-state index in [9.17, 15) is 9.59 Å². The van der Waals surface area contributed by atoms with Crippen molar-refractivity contribution < 1.29 is 9.90 Å². The van der Waals surface area contributed by atoms with Gasteiger partial charge in [-0.3, -0.25) is 4.79 Å². The number of hydrogen-bond donors (Lipinski definition) is 2. The van der Waals surface area contributed by atoms with E-state index in [1.165, 1.54) is 16.0 Å². The quantitative estimate of drug-likeness (QED) is 0.731. The van der Waals surface area contributed by atoms with Crippen molar-refractivity contribution in [3.8, 4) is 0 Å². The van der Waals surface area contributed by atoms with Gasteiger partial charge in [0.15, 0.2) is 5.69 Å². The standard InChI is InChI=1S/C11H9N5O3S/c1-5-8(11(18)19)14-15-16(5)4-7-12-6-2-3-20-9(6)10(17)13-7/h2-3H,4H2,1H3,(H,18,19)(H,12,13,17). The van der Waals surface area contributed by atoms with E-state index in [-0.39, 0.29) is 17.8 Å². The van der Waals surface area contributed by atoms with Gasteiger partial charge in [0, 0.05) is 0 Å². The molecule has 0 amide bonds. The molecule has 3 heterocycles. The van der Waals surface area contributed by atoms with Gasteiger partial charge in [-0.25, -0.2) is 14.5 Å². The van der Waals surface area contributed by atoms with Gasteiger partial charge in [0.05, 0.1) is 11.2 Å². The molecular weight excluding hydrogens is 282 g/mol. The van der Waals surface area contributed by atoms with Crippen LogP contribution in [0.25, 0.3) is 10.2 Å². The van der Waals surface area contributed by atoms with Crippen LogP contribution in [0, 0.1) is 6.92 Å². The van der Waals surface area contributed by atoms with Crippen molar-refractivity contribution in [3.63, 3.8) is 0 Å². The third kappa shape index (κ3) is 1.97. The molecule has 2 N–H and O–H groups in total. The van der Waals surface area contributed by atoms with Crippen LogP contribution in [0.15, 0.2) is 16.2 Å². The number of aromatic amines is 1. The van der Waals surface area contributed by atoms with Gasteiger partial charge < -0.3 is 10.1 Å². The predicted molar refractivity (Wildman–Crippen MR) is 71.1 cm³/mol. The van der Waals surface area contributed by atoms with Crippen molar-refractivity contribution in [2.45, 2.75) is 13.5 Å². The van der Waals surface area contributed by atoms with Crippen LogP contribution in [0.2, 0.25) is 0 Å². The third-order valence-corrected chi connectivity index (χ3v) is 3.75. The summed E-state index contributed by atoms with van der Waals surface area (Å²) in [5, 5.41) is 18.0. The van der Waals surface area contributed by atoms with Crippen LogP contribution in [0.4, 0.5) is 0 Å². The summed E-state index contributed by atoms with van der Waals surface area (Å²) in [7, 11) is 0. The average Bonchev–Trinajstić information content (AvgIpc) is 2.97. The summed E-state index contributed by atoms with van der Waals surface area (Å²) in [4.78, 5) is 29.7. The van der Waals surface area contributed by atoms with E-state index in [2.05, 4.69) is 20.3 Å². The third-order valence-electron chi connectivity index (χ3n) is 2.85. The second-order valence-corrected chi connectivity index (χ2v) is 5.05. The molecule has 8 nitrogen and oxygen atoms in total. The van der Waals surface area contributed by atoms with Crippen molar-refractivity contribution >= 4 is 27.5 Å². The maximum absolute atomic E-state index is 11.8. The van der Waals surface area contributed by atoms with Gasteiger partial charge in [-0.1, -0.05) is 5.21 Å². The summed E-state index contributed by atoms with van der Waals surface area (Å²) in [5.74, 6) is -0.727. The minimum absolute atomic E-state index is 0.107. The van der Waals surface area contributed by atoms with Crippen molar-refractivity contribution in [1.82, 2.24) is 25.0 Å². The fraction of sp³-hybridized carbons (Fsp3) is 0.182. The Kier molecular flexibility index (Phi) is 2.83. The zero-order valence-corrected chi connectivity index (χ0v) is 11.1. The number of aromatic nitrogens is 5. The highest BCUT2D eigenvalue weighted by Crippen LogP contribution is 2.14. The van der Waals surface area contributed by atoms with Gasteiger partial charge >= 0.3 is 5.97 Å². The first-order chi connectivity index (χ1) is 9.56. The molecule has 3 aromatic heterocycles. The normalized spacial score (nSPS) is 11.1. The Bertz CT molecular complexity index is 862. The number of nitrogens with one attached hydrogen (secondary N) is 1. The molecule has 0 aliphatic carbocycles. The number of rotatable bonds is 3. The lowest BCUT2D eigenvalue weighted by Crippen LogP contribution is -2.15. The summed E-state index contributed by atoms with van der Waals surface area (Å²) in [6.07, 6.45) is 0. The van der Waals surface area contributed by atoms with Gasteiger partial charge in [-0.15, -0.1) is 16.4 Å². The van der Waals surface area contributed by atoms with Crippen LogP contribution in [0.5, 0.6) is 0 Å². The summed E-state index contributed by atoms with van der Waals surface area (Å²) < 4.78 is 1.95. The van der Waals surface area contributed by atoms with Gasteiger partial charge in [0.1, 0.15) is 17.1 Å². The van der Waals surface area contributed by atoms with Crippen LogP contribution < -0.4 is 5.56 Å². The van der Waals surface area contributed by atoms with Crippen molar-refractivity contribution in [3.05, 3.63) is 39.0 Å². The lowest BCUT2D eigenvalue weighted by Gasteiger charge is -2.02. The summed E-state index contributed by atoms with van der Waals surface area (Å²) in [6, 6.07) is 1.76. The van der Waals surface area contributed by atoms with Gasteiger partial charge in [-0.2, -0.15) is 0 Å². The predicted octanol–water partition coefficient (Wildman–Crippen LogP) is 0.631. The molecule has 0 unspecified atom stereocenters. The molecule has 0 spiro atoms. The number of thiophene rings is 1. The Hall–Kier alpha value is -2.55. The molecule has 20 heavy (non-hydrogen) atoms. The molecule has 0 fully saturated rings. The molecule has 0 radical (unpaired) electrons. The van der Waals surface area contributed by atoms with Crippen LogP contribution in [-0.2, 0) is 6.54 Å². The maximum Gasteiger partial charge on any atom is 0.358 e. The van der Waals surface area contributed by atoms with E-state index in [0.717, 1.165) is 0 Å². The highest BCUT2D eigenvalue weighted by molar-refractivity contribution is 7.17. The van der Waals surface area contributed by atoms with Crippen LogP contribution >= 0.6 is 11.3 Å². The van der Waals surface area contributed by atoms with Crippen molar-refractivity contribution in [1.29, 1.82) is 0 Å². The molecule has 3 rings (SSSR count). The summed E-state index contributed by atoms with van der Waals surface area (Å²) in [6.45, 7) is 1.76. The fourth-order valence-electron chi connectivity index (χ4n) is 1.85. The molecule has 0 aromatic carbocycles. The Labute approximate surface area is 115 Å². The number of carboxylic acids is 1. The number of aromatic carboxylic acids is 1. The maximum atomic E-state index is 11.8. The monoisotopic (exact) mass is 291 g/mol. The van der Waals surface area contributed by atoms with E-state index in [0.29, 0.717) is 21.7 Å². The van der Waals surface area contributed by atoms with E-state index in [1.807, 2.05) is 0 Å². The van der Waals surface area contributed by atoms with Gasteiger partial charge in [0.25, 0.3) is 5.56 Å². The molecule has 0 aliphatic heterocycles. The number of hydrogen-bond acceptors (Lipinski definition) is 6. The highest BCUT2D eigenvalue weighted by Gasteiger charge is 2.16. The largest absolute Gasteiger partial charge is 0.476 e. The fourth-order valence-corrected chi connectivity index (χ4v) is 2.57. The number of nitrogens with zero attached hydrogens (tertiary/aromatic N) is 4. The molecule has 9 heteroatoms. The zero-order valence-electron chi connectivity index (χ0n) is 10.3. The summed E-state index contributed by atoms with van der Waals surface area (Å²) >= 11 is 1.32. The van der Waals surface area contributed by atoms with Gasteiger partial charge in [0.2, 0.25) is 0 Å². The summed E-state index contributed by atoms with van der Waals surface area (Å²) in [5.41, 5.74) is 0.704. The minimum atomic E-state index is -1.14. The second-order valence-electron chi connectivity index (χ2n) is 4.13. The van der Waals surface area contributed by atoms with E-state index >= 15 is 0 Å². The molecule has 0 atom stereocenters. The SMILES string of the molecule is Cc1c(C(=O)O)nnn1Cc1nc2ccsc2c(=O)[nH]1. The zero-order chi connectivity index (χ0) is 14.3. The van der Waals surface area contributed by atoms with Crippen LogP contribution in [0.1, 0.15) is 22.0 Å². The first-order valence-corrected chi connectivity index (χ1v) is 6.54. The van der Waals surface area contributed by atoms with E-state index < -0.39 is 5.97 Å². The number of carboxylic acid groups (broad SMARTS) is 1. The van der Waals surface area contributed by atoms with Crippen molar-refractivity contribution in [2.75, 3.05) is 0 Å². The van der Waals surface area contributed by atoms with E-state index in [1.54, 1.807) is 18.4 Å². The molecule has 102 valence electrons. The van der Waals surface area contributed by atoms with E-state index in [4.69, 9.17) is 5.11 Å². The van der Waals surface area contributed by atoms with Crippen LogP contribution in [0.3, 0.4) is 0 Å². The smallest absolute Gasteiger partial charge is 0.358 e. The lowest BCUT2D eigenvalue weighted by molar-refractivity contribution is 0.0689. The molecular formula is C11H9N5O3S. The highest BCUT2D eigenvalue weighted by atomic mass is 32.1. The Morgan fingerprint density at radius 1 is 1.55 bits per heavy atom. The molecule has 3 aromatic rings. The topological polar surface area (TPSA) is 114 Å². The first kappa shape index (κ1) is 12.5.